The van der Waals surface area contributed by atoms with Gasteiger partial charge in [0, 0.05) is 59.0 Å². The SMILES string of the molecule is CCNC(=O)/C(=C\C1C=NC(S(C)=O)=NC1C)c1ccc(-c2cccnc2)cc1Cl. The minimum atomic E-state index is -1.25. The summed E-state index contributed by atoms with van der Waals surface area (Å²) in [6.45, 7) is 4.26. The Labute approximate surface area is 183 Å². The summed E-state index contributed by atoms with van der Waals surface area (Å²) in [5, 5.41) is 3.62. The van der Waals surface area contributed by atoms with Gasteiger partial charge in [0.25, 0.3) is 5.91 Å². The normalized spacial score (nSPS) is 19.9. The fourth-order valence-corrected chi connectivity index (χ4v) is 3.89. The van der Waals surface area contributed by atoms with Gasteiger partial charge in [0.05, 0.1) is 16.8 Å². The number of hydrogen-bond acceptors (Lipinski definition) is 5. The number of amidine groups is 1. The van der Waals surface area contributed by atoms with E-state index in [0.29, 0.717) is 27.9 Å². The number of pyridine rings is 1. The molecule has 3 rings (SSSR count). The third kappa shape index (κ3) is 5.09. The Morgan fingerprint density at radius 2 is 2.10 bits per heavy atom. The Morgan fingerprint density at radius 1 is 1.30 bits per heavy atom. The molecule has 0 saturated carbocycles. The van der Waals surface area contributed by atoms with Crippen LogP contribution in [0.2, 0.25) is 5.02 Å². The molecule has 156 valence electrons. The third-order valence-corrected chi connectivity index (χ3v) is 5.72. The summed E-state index contributed by atoms with van der Waals surface area (Å²) in [6.07, 6.45) is 8.53. The smallest absolute Gasteiger partial charge is 0.251 e. The van der Waals surface area contributed by atoms with Crippen molar-refractivity contribution >= 4 is 45.3 Å². The molecule has 0 spiro atoms. The fourth-order valence-electron chi connectivity index (χ4n) is 3.08. The first-order valence-electron chi connectivity index (χ1n) is 9.56. The zero-order valence-electron chi connectivity index (χ0n) is 17.0. The molecule has 1 aromatic carbocycles. The van der Waals surface area contributed by atoms with Gasteiger partial charge in [0.15, 0.2) is 0 Å². The number of nitrogens with one attached hydrogen (secondary N) is 1. The van der Waals surface area contributed by atoms with Gasteiger partial charge in [-0.3, -0.25) is 19.0 Å². The van der Waals surface area contributed by atoms with Gasteiger partial charge in [-0.25, -0.2) is 4.99 Å². The molecule has 2 heterocycles. The van der Waals surface area contributed by atoms with Gasteiger partial charge in [0.1, 0.15) is 0 Å². The van der Waals surface area contributed by atoms with Crippen LogP contribution in [0.15, 0.2) is 58.8 Å². The zero-order chi connectivity index (χ0) is 21.7. The molecular formula is C22H23ClN4O2S. The Morgan fingerprint density at radius 3 is 2.70 bits per heavy atom. The lowest BCUT2D eigenvalue weighted by Gasteiger charge is -2.20. The average Bonchev–Trinajstić information content (AvgIpc) is 2.74. The van der Waals surface area contributed by atoms with Crippen LogP contribution >= 0.6 is 11.6 Å². The second kappa shape index (κ2) is 9.91. The van der Waals surface area contributed by atoms with E-state index in [0.717, 1.165) is 11.1 Å². The van der Waals surface area contributed by atoms with E-state index in [2.05, 4.69) is 20.3 Å². The number of nitrogens with zero attached hydrogens (tertiary/aromatic N) is 3. The molecular weight excluding hydrogens is 420 g/mol. The summed E-state index contributed by atoms with van der Waals surface area (Å²) in [7, 11) is -1.25. The van der Waals surface area contributed by atoms with Crippen LogP contribution in [0.1, 0.15) is 19.4 Å². The summed E-state index contributed by atoms with van der Waals surface area (Å²) >= 11 is 6.59. The van der Waals surface area contributed by atoms with Crippen LogP contribution in [-0.4, -0.2) is 45.3 Å². The average molecular weight is 443 g/mol. The number of amides is 1. The number of aliphatic imine (C=N–C) groups is 2. The number of carbonyl (C=O) groups is 1. The first-order chi connectivity index (χ1) is 14.4. The summed E-state index contributed by atoms with van der Waals surface area (Å²) < 4.78 is 11.6. The maximum atomic E-state index is 12.8. The summed E-state index contributed by atoms with van der Waals surface area (Å²) in [4.78, 5) is 25.6. The van der Waals surface area contributed by atoms with Gasteiger partial charge in [-0.15, -0.1) is 0 Å². The minimum absolute atomic E-state index is 0.195. The molecule has 1 aromatic heterocycles. The number of carbonyl (C=O) groups excluding carboxylic acids is 1. The van der Waals surface area contributed by atoms with Crippen molar-refractivity contribution in [1.82, 2.24) is 10.3 Å². The Hall–Kier alpha value is -2.64. The van der Waals surface area contributed by atoms with Crippen LogP contribution in [0.4, 0.5) is 0 Å². The van der Waals surface area contributed by atoms with Gasteiger partial charge in [-0.1, -0.05) is 35.9 Å². The fraction of sp³-hybridized carbons (Fsp3) is 0.273. The molecule has 1 aliphatic rings. The molecule has 2 aromatic rings. The van der Waals surface area contributed by atoms with Crippen molar-refractivity contribution in [3.63, 3.8) is 0 Å². The molecule has 8 heteroatoms. The van der Waals surface area contributed by atoms with Crippen LogP contribution in [0, 0.1) is 5.92 Å². The highest BCUT2D eigenvalue weighted by Gasteiger charge is 2.23. The lowest BCUT2D eigenvalue weighted by atomic mass is 9.94. The number of likely N-dealkylation sites (N-methyl/N-ethyl adjacent to an activating group) is 1. The molecule has 1 N–H and O–H groups in total. The molecule has 3 unspecified atom stereocenters. The number of aromatic nitrogens is 1. The predicted octanol–water partition coefficient (Wildman–Crippen LogP) is 3.75. The van der Waals surface area contributed by atoms with Crippen molar-refractivity contribution < 1.29 is 9.00 Å². The first kappa shape index (κ1) is 22.1. The lowest BCUT2D eigenvalue weighted by Crippen LogP contribution is -2.27. The summed E-state index contributed by atoms with van der Waals surface area (Å²) in [6, 6.07) is 9.20. The molecule has 6 nitrogen and oxygen atoms in total. The highest BCUT2D eigenvalue weighted by Crippen LogP contribution is 2.31. The van der Waals surface area contributed by atoms with Crippen LogP contribution in [0.5, 0.6) is 0 Å². The standard InChI is InChI=1S/C22H23ClN4O2S/c1-4-25-21(28)19(10-17-13-26-22(30(3)29)27-14(17)2)18-8-7-15(11-20(18)23)16-6-5-9-24-12-16/h5-14,17H,4H2,1-3H3,(H,25,28)/b19-10-. The molecule has 0 aliphatic carbocycles. The van der Waals surface area contributed by atoms with Crippen LogP contribution in [0.3, 0.4) is 0 Å². The number of rotatable bonds is 5. The van der Waals surface area contributed by atoms with Crippen molar-refractivity contribution in [2.75, 3.05) is 12.8 Å². The van der Waals surface area contributed by atoms with E-state index in [9.17, 15) is 9.00 Å². The van der Waals surface area contributed by atoms with E-state index in [1.807, 2.05) is 50.3 Å². The Bertz CT molecular complexity index is 1050. The maximum Gasteiger partial charge on any atom is 0.251 e. The van der Waals surface area contributed by atoms with Gasteiger partial charge in [-0.05, 0) is 31.5 Å². The molecule has 0 bridgehead atoms. The molecule has 3 atom stereocenters. The van der Waals surface area contributed by atoms with Crippen LogP contribution in [-0.2, 0) is 15.6 Å². The zero-order valence-corrected chi connectivity index (χ0v) is 18.6. The molecule has 0 fully saturated rings. The van der Waals surface area contributed by atoms with Crippen LogP contribution in [0.25, 0.3) is 16.7 Å². The quantitative estimate of drug-likeness (QED) is 0.716. The molecule has 30 heavy (non-hydrogen) atoms. The van der Waals surface area contributed by atoms with Crippen molar-refractivity contribution in [1.29, 1.82) is 0 Å². The molecule has 1 amide bonds. The second-order valence-corrected chi connectivity index (χ2v) is 8.52. The van der Waals surface area contributed by atoms with E-state index < -0.39 is 10.8 Å². The van der Waals surface area contributed by atoms with Crippen LogP contribution < -0.4 is 5.32 Å². The molecule has 1 aliphatic heterocycles. The lowest BCUT2D eigenvalue weighted by molar-refractivity contribution is -0.115. The van der Waals surface area contributed by atoms with Gasteiger partial charge < -0.3 is 5.32 Å². The van der Waals surface area contributed by atoms with Crippen molar-refractivity contribution in [3.8, 4) is 11.1 Å². The van der Waals surface area contributed by atoms with Crippen molar-refractivity contribution in [3.05, 3.63) is 59.4 Å². The van der Waals surface area contributed by atoms with Crippen molar-refractivity contribution in [2.45, 2.75) is 19.9 Å². The van der Waals surface area contributed by atoms with Crippen molar-refractivity contribution in [2.24, 2.45) is 15.9 Å². The topological polar surface area (TPSA) is 83.8 Å². The number of benzene rings is 1. The first-order valence-corrected chi connectivity index (χ1v) is 11.5. The van der Waals surface area contributed by atoms with Gasteiger partial charge in [-0.2, -0.15) is 0 Å². The maximum absolute atomic E-state index is 12.8. The third-order valence-electron chi connectivity index (χ3n) is 4.68. The van der Waals surface area contributed by atoms with Gasteiger partial charge >= 0.3 is 0 Å². The largest absolute Gasteiger partial charge is 0.352 e. The van der Waals surface area contributed by atoms with E-state index in [4.69, 9.17) is 11.6 Å². The number of hydrogen-bond donors (Lipinski definition) is 1. The van der Waals surface area contributed by atoms with E-state index in [1.54, 1.807) is 24.9 Å². The molecule has 0 radical (unpaired) electrons. The van der Waals surface area contributed by atoms with E-state index >= 15 is 0 Å². The minimum Gasteiger partial charge on any atom is -0.352 e. The molecule has 0 saturated heterocycles. The summed E-state index contributed by atoms with van der Waals surface area (Å²) in [5.74, 6) is -0.438. The second-order valence-electron chi connectivity index (χ2n) is 6.84. The predicted molar refractivity (Wildman–Crippen MR) is 124 cm³/mol. The highest BCUT2D eigenvalue weighted by molar-refractivity contribution is 7.99. The Balaban J connectivity index is 1.99. The van der Waals surface area contributed by atoms with E-state index in [-0.39, 0.29) is 17.9 Å². The van der Waals surface area contributed by atoms with Gasteiger partial charge in [0.2, 0.25) is 5.17 Å². The monoisotopic (exact) mass is 442 g/mol. The Kier molecular flexibility index (Phi) is 7.29. The summed E-state index contributed by atoms with van der Waals surface area (Å²) in [5.41, 5.74) is 2.94. The van der Waals surface area contributed by atoms with E-state index in [1.165, 1.54) is 0 Å². The number of halogens is 1. The highest BCUT2D eigenvalue weighted by atomic mass is 35.5.